The Balaban J connectivity index is 1.72. The van der Waals surface area contributed by atoms with Crippen LogP contribution in [-0.2, 0) is 0 Å². The van der Waals surface area contributed by atoms with E-state index in [4.69, 9.17) is 9.47 Å². The molecule has 5 nitrogen and oxygen atoms in total. The molecule has 2 N–H and O–H groups in total. The molecule has 1 fully saturated rings. The van der Waals surface area contributed by atoms with Crippen LogP contribution < -0.4 is 20.1 Å². The highest BCUT2D eigenvalue weighted by Crippen LogP contribution is 2.45. The maximum Gasteiger partial charge on any atom is 0.492 e. The van der Waals surface area contributed by atoms with Gasteiger partial charge in [-0.25, -0.2) is 4.79 Å². The number of rotatable bonds is 2. The number of fused-ring (bicyclic) bond motifs is 1. The molecule has 26 heavy (non-hydrogen) atoms. The third-order valence-electron chi connectivity index (χ3n) is 4.73. The second-order valence-electron chi connectivity index (χ2n) is 7.97. The summed E-state index contributed by atoms with van der Waals surface area (Å²) in [5.74, 6) is -2.99. The molecule has 1 aromatic rings. The number of amides is 2. The van der Waals surface area contributed by atoms with Gasteiger partial charge in [0.15, 0.2) is 11.5 Å². The highest BCUT2D eigenvalue weighted by atomic mass is 19.4. The Bertz CT molecular complexity index is 666. The van der Waals surface area contributed by atoms with Crippen LogP contribution >= 0.6 is 0 Å². The Morgan fingerprint density at radius 2 is 1.73 bits per heavy atom. The number of hydrogen-bond acceptors (Lipinski definition) is 3. The molecule has 1 saturated carbocycles. The quantitative estimate of drug-likeness (QED) is 0.818. The fourth-order valence-electron chi connectivity index (χ4n) is 4.01. The fraction of sp³-hybridized carbons (Fsp3) is 0.611. The highest BCUT2D eigenvalue weighted by molar-refractivity contribution is 5.75. The molecule has 144 valence electrons. The van der Waals surface area contributed by atoms with Crippen LogP contribution in [0.5, 0.6) is 11.5 Å². The van der Waals surface area contributed by atoms with Crippen molar-refractivity contribution in [3.8, 4) is 11.5 Å². The monoisotopic (exact) mass is 372 g/mol. The Hall–Kier alpha value is -2.12. The minimum atomic E-state index is -4.96. The number of halogens is 3. The molecule has 0 radical (unpaired) electrons. The van der Waals surface area contributed by atoms with Crippen molar-refractivity contribution < 1.29 is 27.4 Å². The molecular formula is C18H23F3N2O3. The van der Waals surface area contributed by atoms with Gasteiger partial charge in [0.2, 0.25) is 0 Å². The Kier molecular flexibility index (Phi) is 4.48. The molecule has 2 amide bonds. The summed E-state index contributed by atoms with van der Waals surface area (Å²) in [6, 6.07) is 4.59. The number of carbonyl (C=O) groups excluding carboxylic acids is 1. The molecule has 2 atom stereocenters. The molecule has 0 unspecified atom stereocenters. The lowest BCUT2D eigenvalue weighted by molar-refractivity contribution is -0.317. The molecule has 1 aromatic carbocycles. The second kappa shape index (κ2) is 6.25. The third-order valence-corrected chi connectivity index (χ3v) is 4.73. The van der Waals surface area contributed by atoms with E-state index in [0.29, 0.717) is 12.3 Å². The van der Waals surface area contributed by atoms with Crippen LogP contribution in [0.25, 0.3) is 0 Å². The number of para-hydroxylation sites is 2. The van der Waals surface area contributed by atoms with E-state index in [1.165, 1.54) is 24.3 Å². The predicted octanol–water partition coefficient (Wildman–Crippen LogP) is 4.19. The highest BCUT2D eigenvalue weighted by Gasteiger charge is 2.65. The topological polar surface area (TPSA) is 59.6 Å². The number of urea groups is 1. The number of alkyl halides is 3. The smallest absolute Gasteiger partial charge is 0.424 e. The van der Waals surface area contributed by atoms with Gasteiger partial charge in [-0.3, -0.25) is 5.32 Å². The lowest BCUT2D eigenvalue weighted by Gasteiger charge is -2.39. The Morgan fingerprint density at radius 3 is 2.23 bits per heavy atom. The summed E-state index contributed by atoms with van der Waals surface area (Å²) in [6.45, 7) is 6.25. The molecule has 1 aliphatic carbocycles. The van der Waals surface area contributed by atoms with Crippen molar-refractivity contribution in [3.05, 3.63) is 24.3 Å². The first-order valence-electron chi connectivity index (χ1n) is 8.62. The van der Waals surface area contributed by atoms with E-state index >= 15 is 0 Å². The predicted molar refractivity (Wildman–Crippen MR) is 88.7 cm³/mol. The first-order valence-corrected chi connectivity index (χ1v) is 8.62. The lowest BCUT2D eigenvalue weighted by Crippen LogP contribution is -2.67. The first kappa shape index (κ1) is 18.7. The lowest BCUT2D eigenvalue weighted by atomic mass is 9.71. The van der Waals surface area contributed by atoms with Gasteiger partial charge < -0.3 is 14.8 Å². The van der Waals surface area contributed by atoms with Gasteiger partial charge in [0, 0.05) is 6.04 Å². The number of nitrogens with one attached hydrogen (secondary N) is 2. The van der Waals surface area contributed by atoms with Crippen LogP contribution in [-0.4, -0.2) is 24.2 Å². The Labute approximate surface area is 150 Å². The van der Waals surface area contributed by atoms with Gasteiger partial charge in [0.05, 0.1) is 0 Å². The van der Waals surface area contributed by atoms with E-state index in [1.807, 2.05) is 5.32 Å². The van der Waals surface area contributed by atoms with Gasteiger partial charge in [-0.1, -0.05) is 32.9 Å². The normalized spacial score (nSPS) is 26.2. The van der Waals surface area contributed by atoms with Crippen molar-refractivity contribution >= 4 is 6.03 Å². The second-order valence-corrected chi connectivity index (χ2v) is 7.97. The van der Waals surface area contributed by atoms with Crippen molar-refractivity contribution in [2.75, 3.05) is 0 Å². The fourth-order valence-corrected chi connectivity index (χ4v) is 4.01. The zero-order valence-corrected chi connectivity index (χ0v) is 14.9. The average molecular weight is 372 g/mol. The van der Waals surface area contributed by atoms with Crippen molar-refractivity contribution in [1.82, 2.24) is 10.6 Å². The van der Waals surface area contributed by atoms with Crippen molar-refractivity contribution in [3.63, 3.8) is 0 Å². The van der Waals surface area contributed by atoms with E-state index in [9.17, 15) is 18.0 Å². The largest absolute Gasteiger partial charge is 0.492 e. The number of ether oxygens (including phenoxy) is 2. The molecule has 1 heterocycles. The number of benzene rings is 1. The molecule has 0 spiro atoms. The summed E-state index contributed by atoms with van der Waals surface area (Å²) >= 11 is 0. The van der Waals surface area contributed by atoms with Crippen LogP contribution in [0, 0.1) is 11.3 Å². The standard InChI is InChI=1S/C18H23F3N2O3/c1-11-8-12(10-16(2,3)9-11)22-15(24)23-18(17(19,20)21)25-13-6-4-5-7-14(13)26-18/h4-7,11-12H,8-10H2,1-3H3,(H2,22,23,24)/t11-,12+/m1/s1. The zero-order valence-electron chi connectivity index (χ0n) is 14.9. The Morgan fingerprint density at radius 1 is 1.15 bits per heavy atom. The number of carbonyl (C=O) groups is 1. The van der Waals surface area contributed by atoms with E-state index in [2.05, 4.69) is 26.1 Å². The van der Waals surface area contributed by atoms with Crippen molar-refractivity contribution in [2.24, 2.45) is 11.3 Å². The molecule has 3 rings (SSSR count). The maximum absolute atomic E-state index is 13.6. The van der Waals surface area contributed by atoms with Gasteiger partial charge in [-0.15, -0.1) is 0 Å². The van der Waals surface area contributed by atoms with Gasteiger partial charge in [0.25, 0.3) is 0 Å². The van der Waals surface area contributed by atoms with E-state index in [-0.39, 0.29) is 23.0 Å². The summed E-state index contributed by atoms with van der Waals surface area (Å²) in [7, 11) is 0. The van der Waals surface area contributed by atoms with Gasteiger partial charge >= 0.3 is 18.1 Å². The summed E-state index contributed by atoms with van der Waals surface area (Å²) in [6.07, 6.45) is -2.52. The molecule has 2 aliphatic rings. The number of hydrogen-bond donors (Lipinski definition) is 2. The van der Waals surface area contributed by atoms with Crippen LogP contribution in [0.15, 0.2) is 24.3 Å². The molecule has 0 saturated heterocycles. The first-order chi connectivity index (χ1) is 12.0. The van der Waals surface area contributed by atoms with Crippen LogP contribution in [0.2, 0.25) is 0 Å². The van der Waals surface area contributed by atoms with Gasteiger partial charge in [0.1, 0.15) is 0 Å². The van der Waals surface area contributed by atoms with Gasteiger partial charge in [-0.2, -0.15) is 13.2 Å². The molecule has 8 heteroatoms. The van der Waals surface area contributed by atoms with Crippen LogP contribution in [0.1, 0.15) is 40.0 Å². The van der Waals surface area contributed by atoms with E-state index in [0.717, 1.165) is 12.8 Å². The summed E-state index contributed by atoms with van der Waals surface area (Å²) in [5.41, 5.74) is 0.0217. The summed E-state index contributed by atoms with van der Waals surface area (Å²) in [5, 5.41) is 4.49. The van der Waals surface area contributed by atoms with E-state index in [1.54, 1.807) is 0 Å². The molecule has 0 bridgehead atoms. The molecule has 1 aliphatic heterocycles. The van der Waals surface area contributed by atoms with Crippen LogP contribution in [0.4, 0.5) is 18.0 Å². The molecular weight excluding hydrogens is 349 g/mol. The van der Waals surface area contributed by atoms with Crippen molar-refractivity contribution in [2.45, 2.75) is 58.2 Å². The van der Waals surface area contributed by atoms with Gasteiger partial charge in [-0.05, 0) is 42.7 Å². The van der Waals surface area contributed by atoms with Crippen LogP contribution in [0.3, 0.4) is 0 Å². The maximum atomic E-state index is 13.6. The minimum Gasteiger partial charge on any atom is -0.424 e. The third kappa shape index (κ3) is 3.68. The minimum absolute atomic E-state index is 0.0217. The van der Waals surface area contributed by atoms with E-state index < -0.39 is 18.1 Å². The summed E-state index contributed by atoms with van der Waals surface area (Å²) < 4.78 is 50.8. The SMILES string of the molecule is C[C@@H]1C[C@H](NC(=O)NC2(C(F)(F)F)Oc3ccccc3O2)CC(C)(C)C1. The summed E-state index contributed by atoms with van der Waals surface area (Å²) in [4.78, 5) is 12.3. The zero-order chi connectivity index (χ0) is 19.2. The van der Waals surface area contributed by atoms with Crippen molar-refractivity contribution in [1.29, 1.82) is 0 Å². The molecule has 0 aromatic heterocycles. The average Bonchev–Trinajstić information content (AvgIpc) is 2.83.